The maximum Gasteiger partial charge on any atom is 0.223 e. The van der Waals surface area contributed by atoms with Gasteiger partial charge in [-0.15, -0.1) is 0 Å². The van der Waals surface area contributed by atoms with Crippen LogP contribution in [0, 0.1) is 18.3 Å². The van der Waals surface area contributed by atoms with E-state index in [1.807, 2.05) is 36.6 Å². The molecule has 8 nitrogen and oxygen atoms in total. The van der Waals surface area contributed by atoms with Crippen LogP contribution in [0.2, 0.25) is 0 Å². The number of pyridine rings is 1. The minimum absolute atomic E-state index is 0.0437. The molecule has 1 aliphatic heterocycles. The van der Waals surface area contributed by atoms with Crippen molar-refractivity contribution in [2.75, 3.05) is 18.4 Å². The third-order valence-corrected chi connectivity index (χ3v) is 6.69. The standard InChI is InChI=1S/C27H29N7O/c1-18-6-5-13-34-23(17-29-26(18)34)25-22(15-28)16-30-27(32-25)31-19(2)21-9-7-20(8-10-21)14-24(35)33-11-3-4-12-33/h5-10,13,16-17,19,24,35H,3-4,11-12,14H2,1-2H3,(H,30,31,32)/t19-,24?/m0/s1. The van der Waals surface area contributed by atoms with Crippen LogP contribution >= 0.6 is 0 Å². The number of nitrogens with zero attached hydrogens (tertiary/aromatic N) is 6. The molecular formula is C27H29N7O. The quantitative estimate of drug-likeness (QED) is 0.422. The fourth-order valence-corrected chi connectivity index (χ4v) is 4.65. The fourth-order valence-electron chi connectivity index (χ4n) is 4.65. The SMILES string of the molecule is Cc1cccn2c(-c3nc(N[C@@H](C)c4ccc(CC(O)N5CCCC5)cc4)ncc3C#N)cnc12. The molecule has 2 N–H and O–H groups in total. The Bertz CT molecular complexity index is 1370. The van der Waals surface area contributed by atoms with Crippen LogP contribution in [-0.4, -0.2) is 48.7 Å². The van der Waals surface area contributed by atoms with Gasteiger partial charge in [-0.2, -0.15) is 5.26 Å². The van der Waals surface area contributed by atoms with Crippen LogP contribution in [0.1, 0.15) is 48.1 Å². The van der Waals surface area contributed by atoms with Crippen LogP contribution in [-0.2, 0) is 6.42 Å². The zero-order chi connectivity index (χ0) is 24.4. The van der Waals surface area contributed by atoms with E-state index in [1.54, 1.807) is 12.4 Å². The molecule has 35 heavy (non-hydrogen) atoms. The molecule has 1 saturated heterocycles. The summed E-state index contributed by atoms with van der Waals surface area (Å²) in [5.41, 5.74) is 5.77. The first-order valence-corrected chi connectivity index (χ1v) is 12.0. The Hall–Kier alpha value is -3.80. The minimum atomic E-state index is -0.423. The van der Waals surface area contributed by atoms with E-state index in [9.17, 15) is 10.4 Å². The van der Waals surface area contributed by atoms with E-state index in [-0.39, 0.29) is 6.04 Å². The first kappa shape index (κ1) is 23.0. The van der Waals surface area contributed by atoms with Gasteiger partial charge in [0.05, 0.1) is 29.7 Å². The minimum Gasteiger partial charge on any atom is -0.378 e. The molecule has 1 aliphatic rings. The van der Waals surface area contributed by atoms with Crippen molar-refractivity contribution < 1.29 is 5.11 Å². The van der Waals surface area contributed by atoms with Crippen LogP contribution in [0.3, 0.4) is 0 Å². The molecule has 4 aromatic rings. The number of nitrogens with one attached hydrogen (secondary N) is 1. The number of aryl methyl sites for hydroxylation is 1. The van der Waals surface area contributed by atoms with E-state index in [1.165, 1.54) is 0 Å². The molecule has 1 unspecified atom stereocenters. The molecule has 1 fully saturated rings. The van der Waals surface area contributed by atoms with E-state index in [0.717, 1.165) is 54.0 Å². The van der Waals surface area contributed by atoms with E-state index in [2.05, 4.69) is 55.5 Å². The third kappa shape index (κ3) is 4.74. The van der Waals surface area contributed by atoms with E-state index < -0.39 is 6.23 Å². The smallest absolute Gasteiger partial charge is 0.223 e. The number of aromatic nitrogens is 4. The van der Waals surface area contributed by atoms with Gasteiger partial charge in [0.1, 0.15) is 23.6 Å². The molecule has 4 heterocycles. The lowest BCUT2D eigenvalue weighted by Crippen LogP contribution is -2.34. The number of fused-ring (bicyclic) bond motifs is 1. The summed E-state index contributed by atoms with van der Waals surface area (Å²) in [5, 5.41) is 23.5. The van der Waals surface area contributed by atoms with Crippen LogP contribution < -0.4 is 5.32 Å². The van der Waals surface area contributed by atoms with Crippen molar-refractivity contribution in [1.82, 2.24) is 24.3 Å². The number of rotatable bonds is 7. The molecular weight excluding hydrogens is 438 g/mol. The van der Waals surface area contributed by atoms with Gasteiger partial charge in [0.2, 0.25) is 5.95 Å². The predicted octanol–water partition coefficient (Wildman–Crippen LogP) is 4.10. The largest absolute Gasteiger partial charge is 0.378 e. The number of aliphatic hydroxyl groups is 1. The first-order valence-electron chi connectivity index (χ1n) is 12.0. The Balaban J connectivity index is 1.33. The number of hydrogen-bond acceptors (Lipinski definition) is 7. The van der Waals surface area contributed by atoms with Gasteiger partial charge >= 0.3 is 0 Å². The highest BCUT2D eigenvalue weighted by atomic mass is 16.3. The van der Waals surface area contributed by atoms with E-state index >= 15 is 0 Å². The molecule has 0 radical (unpaired) electrons. The van der Waals surface area contributed by atoms with Gasteiger partial charge in [-0.05, 0) is 49.4 Å². The number of anilines is 1. The molecule has 3 aromatic heterocycles. The average molecular weight is 468 g/mol. The molecule has 0 spiro atoms. The third-order valence-electron chi connectivity index (χ3n) is 6.69. The number of aliphatic hydroxyl groups excluding tert-OH is 1. The molecule has 0 aliphatic carbocycles. The molecule has 2 atom stereocenters. The summed E-state index contributed by atoms with van der Waals surface area (Å²) in [7, 11) is 0. The summed E-state index contributed by atoms with van der Waals surface area (Å²) in [6.07, 6.45) is 7.75. The van der Waals surface area contributed by atoms with Crippen LogP contribution in [0.15, 0.2) is 55.0 Å². The molecule has 0 amide bonds. The second-order valence-electron chi connectivity index (χ2n) is 9.13. The lowest BCUT2D eigenvalue weighted by Gasteiger charge is -2.22. The lowest BCUT2D eigenvalue weighted by molar-refractivity contribution is 0.0213. The number of imidazole rings is 1. The van der Waals surface area contributed by atoms with Gasteiger partial charge in [0, 0.05) is 25.7 Å². The maximum absolute atomic E-state index is 10.5. The van der Waals surface area contributed by atoms with Crippen molar-refractivity contribution in [2.24, 2.45) is 0 Å². The summed E-state index contributed by atoms with van der Waals surface area (Å²) >= 11 is 0. The van der Waals surface area contributed by atoms with Crippen molar-refractivity contribution in [1.29, 1.82) is 5.26 Å². The van der Waals surface area contributed by atoms with Gasteiger partial charge in [-0.25, -0.2) is 15.0 Å². The van der Waals surface area contributed by atoms with E-state index in [0.29, 0.717) is 23.6 Å². The topological polar surface area (TPSA) is 102 Å². The Kier molecular flexibility index (Phi) is 6.45. The summed E-state index contributed by atoms with van der Waals surface area (Å²) in [6.45, 7) is 6.00. The number of hydrogen-bond donors (Lipinski definition) is 2. The second-order valence-corrected chi connectivity index (χ2v) is 9.13. The van der Waals surface area contributed by atoms with Gasteiger partial charge in [-0.1, -0.05) is 30.3 Å². The second kappa shape index (κ2) is 9.82. The number of benzene rings is 1. The molecule has 0 saturated carbocycles. The highest BCUT2D eigenvalue weighted by molar-refractivity contribution is 5.68. The Morgan fingerprint density at radius 3 is 2.63 bits per heavy atom. The summed E-state index contributed by atoms with van der Waals surface area (Å²) in [6, 6.07) is 14.4. The van der Waals surface area contributed by atoms with E-state index in [4.69, 9.17) is 0 Å². The normalized spacial score (nSPS) is 15.7. The fraction of sp³-hybridized carbons (Fsp3) is 0.333. The highest BCUT2D eigenvalue weighted by Gasteiger charge is 2.20. The zero-order valence-electron chi connectivity index (χ0n) is 20.0. The van der Waals surface area contributed by atoms with Gasteiger partial charge < -0.3 is 10.4 Å². The van der Waals surface area contributed by atoms with Crippen molar-refractivity contribution in [3.63, 3.8) is 0 Å². The predicted molar refractivity (Wildman–Crippen MR) is 135 cm³/mol. The maximum atomic E-state index is 10.5. The van der Waals surface area contributed by atoms with Gasteiger partial charge in [0.25, 0.3) is 0 Å². The highest BCUT2D eigenvalue weighted by Crippen LogP contribution is 2.26. The van der Waals surface area contributed by atoms with Crippen molar-refractivity contribution in [3.05, 3.63) is 77.2 Å². The van der Waals surface area contributed by atoms with Gasteiger partial charge in [0.15, 0.2) is 0 Å². The molecule has 5 rings (SSSR count). The first-order chi connectivity index (χ1) is 17.0. The lowest BCUT2D eigenvalue weighted by atomic mass is 10.0. The Morgan fingerprint density at radius 2 is 1.89 bits per heavy atom. The van der Waals surface area contributed by atoms with Crippen LogP contribution in [0.25, 0.3) is 17.0 Å². The summed E-state index contributed by atoms with van der Waals surface area (Å²) in [5.74, 6) is 0.447. The Labute approximate surface area is 204 Å². The average Bonchev–Trinajstić information content (AvgIpc) is 3.56. The summed E-state index contributed by atoms with van der Waals surface area (Å²) < 4.78 is 1.95. The molecule has 1 aromatic carbocycles. The Morgan fingerprint density at radius 1 is 1.11 bits per heavy atom. The van der Waals surface area contributed by atoms with Crippen LogP contribution in [0.5, 0.6) is 0 Å². The number of likely N-dealkylation sites (tertiary alicyclic amines) is 1. The van der Waals surface area contributed by atoms with Crippen molar-refractivity contribution in [3.8, 4) is 17.5 Å². The molecule has 178 valence electrons. The number of nitriles is 1. The monoisotopic (exact) mass is 467 g/mol. The molecule has 8 heteroatoms. The van der Waals surface area contributed by atoms with Crippen molar-refractivity contribution >= 4 is 11.6 Å². The zero-order valence-corrected chi connectivity index (χ0v) is 20.0. The van der Waals surface area contributed by atoms with Gasteiger partial charge in [-0.3, -0.25) is 9.30 Å². The van der Waals surface area contributed by atoms with Crippen molar-refractivity contribution in [2.45, 2.75) is 45.4 Å². The van der Waals surface area contributed by atoms with Crippen LogP contribution in [0.4, 0.5) is 5.95 Å². The molecule has 0 bridgehead atoms. The summed E-state index contributed by atoms with van der Waals surface area (Å²) in [4.78, 5) is 15.7.